The molecule has 0 saturated carbocycles. The molecule has 2 aliphatic rings. The number of imide groups is 1. The molecular weight excluding hydrogens is 372 g/mol. The first-order valence-electron chi connectivity index (χ1n) is 10.0. The van der Waals surface area contributed by atoms with Gasteiger partial charge in [0.15, 0.2) is 0 Å². The molecule has 5 amide bonds. The van der Waals surface area contributed by atoms with Gasteiger partial charge in [-0.25, -0.2) is 4.79 Å². The summed E-state index contributed by atoms with van der Waals surface area (Å²) in [6.45, 7) is 6.49. The molecule has 3 N–H and O–H groups in total. The van der Waals surface area contributed by atoms with Crippen LogP contribution < -0.4 is 16.0 Å². The zero-order chi connectivity index (χ0) is 21.2. The van der Waals surface area contributed by atoms with E-state index in [-0.39, 0.29) is 29.6 Å². The van der Waals surface area contributed by atoms with E-state index >= 15 is 0 Å². The van der Waals surface area contributed by atoms with Gasteiger partial charge >= 0.3 is 6.03 Å². The number of urea groups is 1. The van der Waals surface area contributed by atoms with Crippen LogP contribution in [0.5, 0.6) is 0 Å². The topological polar surface area (TPSA) is 108 Å². The number of amides is 5. The van der Waals surface area contributed by atoms with E-state index in [0.29, 0.717) is 31.5 Å². The van der Waals surface area contributed by atoms with Crippen molar-refractivity contribution in [1.29, 1.82) is 0 Å². The van der Waals surface area contributed by atoms with E-state index in [1.807, 2.05) is 19.9 Å². The van der Waals surface area contributed by atoms with Gasteiger partial charge < -0.3 is 15.5 Å². The lowest BCUT2D eigenvalue weighted by molar-refractivity contribution is -0.136. The molecular formula is C21H28N4O4. The lowest BCUT2D eigenvalue weighted by Gasteiger charge is -2.40. The van der Waals surface area contributed by atoms with E-state index in [4.69, 9.17) is 0 Å². The molecule has 2 fully saturated rings. The Morgan fingerprint density at radius 3 is 2.28 bits per heavy atom. The fourth-order valence-electron chi connectivity index (χ4n) is 4.05. The van der Waals surface area contributed by atoms with E-state index < -0.39 is 17.6 Å². The van der Waals surface area contributed by atoms with Crippen LogP contribution in [0, 0.1) is 11.8 Å². The van der Waals surface area contributed by atoms with E-state index in [1.165, 1.54) is 0 Å². The average molecular weight is 400 g/mol. The Labute approximate surface area is 170 Å². The summed E-state index contributed by atoms with van der Waals surface area (Å²) in [6, 6.07) is 7.73. The van der Waals surface area contributed by atoms with Gasteiger partial charge in [0.25, 0.3) is 11.8 Å². The van der Waals surface area contributed by atoms with Crippen LogP contribution in [-0.4, -0.2) is 53.3 Å². The van der Waals surface area contributed by atoms with Gasteiger partial charge in [-0.05, 0) is 43.7 Å². The first kappa shape index (κ1) is 20.8. The predicted octanol–water partition coefficient (Wildman–Crippen LogP) is 1.28. The minimum absolute atomic E-state index is 0.0468. The van der Waals surface area contributed by atoms with Crippen LogP contribution in [0.1, 0.15) is 44.0 Å². The first-order valence-corrected chi connectivity index (χ1v) is 10.0. The SMILES string of the molecule is CC(C)C(NC(=O)c1ccccc1)C(=O)N1CCC(C2(C)NC(=O)NC2=O)CC1. The zero-order valence-corrected chi connectivity index (χ0v) is 17.0. The molecule has 0 bridgehead atoms. The highest BCUT2D eigenvalue weighted by Crippen LogP contribution is 2.31. The van der Waals surface area contributed by atoms with Gasteiger partial charge in [0, 0.05) is 18.7 Å². The van der Waals surface area contributed by atoms with Crippen molar-refractivity contribution in [3.8, 4) is 0 Å². The van der Waals surface area contributed by atoms with Gasteiger partial charge in [0.05, 0.1) is 0 Å². The summed E-state index contributed by atoms with van der Waals surface area (Å²) >= 11 is 0. The van der Waals surface area contributed by atoms with E-state index in [9.17, 15) is 19.2 Å². The normalized spacial score (nSPS) is 23.5. The Morgan fingerprint density at radius 2 is 1.76 bits per heavy atom. The zero-order valence-electron chi connectivity index (χ0n) is 17.0. The number of piperidine rings is 1. The summed E-state index contributed by atoms with van der Waals surface area (Å²) in [6.07, 6.45) is 1.21. The third-order valence-electron chi connectivity index (χ3n) is 5.95. The standard InChI is InChI=1S/C21H28N4O4/c1-13(2)16(22-17(26)14-7-5-4-6-8-14)18(27)25-11-9-15(10-12-25)21(3)19(28)23-20(29)24-21/h4-8,13,15-16H,9-12H2,1-3H3,(H,22,26)(H2,23,24,28,29). The molecule has 156 valence electrons. The van der Waals surface area contributed by atoms with Crippen molar-refractivity contribution in [2.24, 2.45) is 11.8 Å². The summed E-state index contributed by atoms with van der Waals surface area (Å²) in [5.41, 5.74) is -0.425. The van der Waals surface area contributed by atoms with Crippen LogP contribution in [0.3, 0.4) is 0 Å². The first-order chi connectivity index (χ1) is 13.7. The van der Waals surface area contributed by atoms with Gasteiger partial charge in [-0.3, -0.25) is 19.7 Å². The second kappa shape index (κ2) is 8.23. The van der Waals surface area contributed by atoms with Crippen LogP contribution in [0.25, 0.3) is 0 Å². The molecule has 0 aliphatic carbocycles. The molecule has 0 aromatic heterocycles. The summed E-state index contributed by atoms with van der Waals surface area (Å²) in [4.78, 5) is 51.0. The van der Waals surface area contributed by atoms with Crippen LogP contribution >= 0.6 is 0 Å². The van der Waals surface area contributed by atoms with Crippen molar-refractivity contribution in [3.05, 3.63) is 35.9 Å². The molecule has 1 aromatic rings. The molecule has 3 rings (SSSR count). The van der Waals surface area contributed by atoms with E-state index in [2.05, 4.69) is 16.0 Å². The highest BCUT2D eigenvalue weighted by Gasteiger charge is 2.49. The maximum Gasteiger partial charge on any atom is 0.322 e. The van der Waals surface area contributed by atoms with Gasteiger partial charge in [-0.15, -0.1) is 0 Å². The maximum absolute atomic E-state index is 13.1. The number of hydrogen-bond donors (Lipinski definition) is 3. The Hall–Kier alpha value is -2.90. The number of rotatable bonds is 5. The fraction of sp³-hybridized carbons (Fsp3) is 0.524. The van der Waals surface area contributed by atoms with Crippen molar-refractivity contribution in [3.63, 3.8) is 0 Å². The average Bonchev–Trinajstić information content (AvgIpc) is 2.98. The van der Waals surface area contributed by atoms with Crippen molar-refractivity contribution < 1.29 is 19.2 Å². The molecule has 2 heterocycles. The number of nitrogens with one attached hydrogen (secondary N) is 3. The molecule has 8 nitrogen and oxygen atoms in total. The van der Waals surface area contributed by atoms with Crippen molar-refractivity contribution in [2.75, 3.05) is 13.1 Å². The number of benzene rings is 1. The second-order valence-electron chi connectivity index (χ2n) is 8.27. The van der Waals surface area contributed by atoms with Gasteiger partial charge in [-0.1, -0.05) is 32.0 Å². The summed E-state index contributed by atoms with van der Waals surface area (Å²) < 4.78 is 0. The molecule has 2 saturated heterocycles. The lowest BCUT2D eigenvalue weighted by Crippen LogP contribution is -2.57. The molecule has 2 atom stereocenters. The molecule has 1 aromatic carbocycles. The van der Waals surface area contributed by atoms with Crippen molar-refractivity contribution >= 4 is 23.8 Å². The monoisotopic (exact) mass is 400 g/mol. The molecule has 2 unspecified atom stereocenters. The number of hydrogen-bond acceptors (Lipinski definition) is 4. The van der Waals surface area contributed by atoms with Gasteiger partial charge in [0.1, 0.15) is 11.6 Å². The minimum Gasteiger partial charge on any atom is -0.341 e. The number of carbonyl (C=O) groups excluding carboxylic acids is 4. The quantitative estimate of drug-likeness (QED) is 0.647. The van der Waals surface area contributed by atoms with Crippen molar-refractivity contribution in [1.82, 2.24) is 20.9 Å². The molecule has 2 aliphatic heterocycles. The fourth-order valence-corrected chi connectivity index (χ4v) is 4.05. The lowest BCUT2D eigenvalue weighted by atomic mass is 9.79. The van der Waals surface area contributed by atoms with Crippen LogP contribution in [-0.2, 0) is 9.59 Å². The summed E-state index contributed by atoms with van der Waals surface area (Å²) in [7, 11) is 0. The minimum atomic E-state index is -0.939. The smallest absolute Gasteiger partial charge is 0.322 e. The van der Waals surface area contributed by atoms with Gasteiger partial charge in [0.2, 0.25) is 5.91 Å². The Balaban J connectivity index is 1.62. The number of likely N-dealkylation sites (tertiary alicyclic amines) is 1. The summed E-state index contributed by atoms with van der Waals surface area (Å²) in [5.74, 6) is -0.819. The third-order valence-corrected chi connectivity index (χ3v) is 5.95. The largest absolute Gasteiger partial charge is 0.341 e. The Morgan fingerprint density at radius 1 is 1.14 bits per heavy atom. The van der Waals surface area contributed by atoms with Crippen LogP contribution in [0.15, 0.2) is 30.3 Å². The van der Waals surface area contributed by atoms with Crippen LogP contribution in [0.4, 0.5) is 4.79 Å². The van der Waals surface area contributed by atoms with E-state index in [1.54, 1.807) is 36.1 Å². The third kappa shape index (κ3) is 4.26. The van der Waals surface area contributed by atoms with Crippen molar-refractivity contribution in [2.45, 2.75) is 45.2 Å². The molecule has 0 spiro atoms. The summed E-state index contributed by atoms with van der Waals surface area (Å²) in [5, 5.41) is 7.88. The highest BCUT2D eigenvalue weighted by atomic mass is 16.2. The predicted molar refractivity (Wildman–Crippen MR) is 107 cm³/mol. The van der Waals surface area contributed by atoms with Gasteiger partial charge in [-0.2, -0.15) is 0 Å². The number of nitrogens with zero attached hydrogens (tertiary/aromatic N) is 1. The maximum atomic E-state index is 13.1. The molecule has 8 heteroatoms. The van der Waals surface area contributed by atoms with E-state index in [0.717, 1.165) is 0 Å². The Bertz CT molecular complexity index is 802. The molecule has 29 heavy (non-hydrogen) atoms. The highest BCUT2D eigenvalue weighted by molar-refractivity contribution is 6.07. The number of carbonyl (C=O) groups is 4. The molecule has 0 radical (unpaired) electrons. The Kier molecular flexibility index (Phi) is 5.91. The second-order valence-corrected chi connectivity index (χ2v) is 8.27. The van der Waals surface area contributed by atoms with Crippen LogP contribution in [0.2, 0.25) is 0 Å².